The van der Waals surface area contributed by atoms with Crippen molar-refractivity contribution >= 4 is 5.78 Å². The quantitative estimate of drug-likeness (QED) is 0.740. The summed E-state index contributed by atoms with van der Waals surface area (Å²) in [6, 6.07) is 1.43. The van der Waals surface area contributed by atoms with E-state index in [0.29, 0.717) is 6.07 Å². The standard InChI is InChI=1S/C10H8F2O2/c11-6-3-7(9(13)5-1-2-5)10(14)8(12)4-6/h3-5,14H,1-2H2. The summed E-state index contributed by atoms with van der Waals surface area (Å²) in [4.78, 5) is 11.4. The Balaban J connectivity index is 2.45. The zero-order chi connectivity index (χ0) is 10.3. The van der Waals surface area contributed by atoms with Crippen LogP contribution in [0.5, 0.6) is 5.75 Å². The molecule has 0 unspecified atom stereocenters. The van der Waals surface area contributed by atoms with Crippen LogP contribution < -0.4 is 0 Å². The minimum Gasteiger partial charge on any atom is -0.504 e. The van der Waals surface area contributed by atoms with E-state index in [1.807, 2.05) is 0 Å². The van der Waals surface area contributed by atoms with Crippen molar-refractivity contribution in [2.45, 2.75) is 12.8 Å². The monoisotopic (exact) mass is 198 g/mol. The largest absolute Gasteiger partial charge is 0.504 e. The van der Waals surface area contributed by atoms with Crippen LogP contribution in [0.15, 0.2) is 12.1 Å². The minimum absolute atomic E-state index is 0.165. The van der Waals surface area contributed by atoms with Crippen molar-refractivity contribution in [2.24, 2.45) is 5.92 Å². The first kappa shape index (κ1) is 9.12. The van der Waals surface area contributed by atoms with E-state index in [1.165, 1.54) is 0 Å². The maximum absolute atomic E-state index is 12.8. The van der Waals surface area contributed by atoms with Crippen molar-refractivity contribution in [1.29, 1.82) is 0 Å². The number of carbonyl (C=O) groups excluding carboxylic acids is 1. The number of aromatic hydroxyl groups is 1. The average molecular weight is 198 g/mol. The van der Waals surface area contributed by atoms with Gasteiger partial charge in [-0.15, -0.1) is 0 Å². The summed E-state index contributed by atoms with van der Waals surface area (Å²) >= 11 is 0. The maximum Gasteiger partial charge on any atom is 0.169 e. The number of hydrogen-bond acceptors (Lipinski definition) is 2. The first-order chi connectivity index (χ1) is 6.59. The molecule has 1 aliphatic carbocycles. The van der Waals surface area contributed by atoms with Gasteiger partial charge in [-0.05, 0) is 18.9 Å². The third-order valence-electron chi connectivity index (χ3n) is 2.24. The number of benzene rings is 1. The zero-order valence-electron chi connectivity index (χ0n) is 7.26. The van der Waals surface area contributed by atoms with Gasteiger partial charge in [0.2, 0.25) is 0 Å². The number of rotatable bonds is 2. The number of halogens is 2. The summed E-state index contributed by atoms with van der Waals surface area (Å²) < 4.78 is 25.6. The number of Topliss-reactive ketones (excluding diaryl/α,β-unsaturated/α-hetero) is 1. The molecule has 0 bridgehead atoms. The van der Waals surface area contributed by atoms with Gasteiger partial charge in [-0.25, -0.2) is 8.78 Å². The van der Waals surface area contributed by atoms with E-state index in [-0.39, 0.29) is 17.3 Å². The summed E-state index contributed by atoms with van der Waals surface area (Å²) in [5, 5.41) is 9.21. The van der Waals surface area contributed by atoms with Gasteiger partial charge in [-0.2, -0.15) is 0 Å². The maximum atomic E-state index is 12.8. The topological polar surface area (TPSA) is 37.3 Å². The molecule has 1 saturated carbocycles. The molecule has 4 heteroatoms. The SMILES string of the molecule is O=C(c1cc(F)cc(F)c1O)C1CC1. The molecule has 1 fully saturated rings. The molecule has 1 N–H and O–H groups in total. The molecule has 0 heterocycles. The number of carbonyl (C=O) groups is 1. The Kier molecular flexibility index (Phi) is 1.98. The molecule has 0 radical (unpaired) electrons. The van der Waals surface area contributed by atoms with Crippen LogP contribution in [-0.4, -0.2) is 10.9 Å². The van der Waals surface area contributed by atoms with Gasteiger partial charge in [0.1, 0.15) is 5.82 Å². The molecule has 0 aromatic heterocycles. The van der Waals surface area contributed by atoms with Gasteiger partial charge >= 0.3 is 0 Å². The van der Waals surface area contributed by atoms with Crippen molar-refractivity contribution in [3.8, 4) is 5.75 Å². The fourth-order valence-corrected chi connectivity index (χ4v) is 1.32. The molecule has 0 saturated heterocycles. The van der Waals surface area contributed by atoms with Crippen molar-refractivity contribution in [3.05, 3.63) is 29.3 Å². The molecule has 0 amide bonds. The molecule has 0 aliphatic heterocycles. The van der Waals surface area contributed by atoms with Gasteiger partial charge in [0.05, 0.1) is 5.56 Å². The lowest BCUT2D eigenvalue weighted by molar-refractivity contribution is 0.0963. The Labute approximate surface area is 79.2 Å². The van der Waals surface area contributed by atoms with Gasteiger partial charge in [-0.3, -0.25) is 4.79 Å². The van der Waals surface area contributed by atoms with Crippen LogP contribution in [0.3, 0.4) is 0 Å². The predicted molar refractivity (Wildman–Crippen MR) is 45.1 cm³/mol. The van der Waals surface area contributed by atoms with E-state index >= 15 is 0 Å². The number of phenolic OH excluding ortho intramolecular Hbond substituents is 1. The molecular formula is C10H8F2O2. The van der Waals surface area contributed by atoms with Crippen LogP contribution in [0.1, 0.15) is 23.2 Å². The second kappa shape index (κ2) is 3.04. The molecule has 2 rings (SSSR count). The number of ketones is 1. The molecule has 0 atom stereocenters. The van der Waals surface area contributed by atoms with Crippen LogP contribution in [-0.2, 0) is 0 Å². The van der Waals surface area contributed by atoms with Crippen molar-refractivity contribution in [3.63, 3.8) is 0 Å². The van der Waals surface area contributed by atoms with Crippen molar-refractivity contribution in [2.75, 3.05) is 0 Å². The van der Waals surface area contributed by atoms with Crippen LogP contribution >= 0.6 is 0 Å². The minimum atomic E-state index is -1.09. The fourth-order valence-electron chi connectivity index (χ4n) is 1.32. The van der Waals surface area contributed by atoms with E-state index in [4.69, 9.17) is 0 Å². The van der Waals surface area contributed by atoms with Gasteiger partial charge in [-0.1, -0.05) is 0 Å². The second-order valence-electron chi connectivity index (χ2n) is 3.42. The normalized spacial score (nSPS) is 15.6. The average Bonchev–Trinajstić information content (AvgIpc) is 2.93. The Morgan fingerprint density at radius 2 is 2.00 bits per heavy atom. The highest BCUT2D eigenvalue weighted by Gasteiger charge is 2.32. The van der Waals surface area contributed by atoms with E-state index < -0.39 is 17.4 Å². The van der Waals surface area contributed by atoms with Crippen LogP contribution in [0.25, 0.3) is 0 Å². The molecular weight excluding hydrogens is 190 g/mol. The molecule has 1 aromatic rings. The van der Waals surface area contributed by atoms with Gasteiger partial charge in [0.15, 0.2) is 17.3 Å². The zero-order valence-corrected chi connectivity index (χ0v) is 7.26. The Morgan fingerprint density at radius 3 is 2.57 bits per heavy atom. The van der Waals surface area contributed by atoms with Gasteiger partial charge < -0.3 is 5.11 Å². The van der Waals surface area contributed by atoms with Crippen LogP contribution in [0, 0.1) is 17.6 Å². The summed E-state index contributed by atoms with van der Waals surface area (Å²) in [7, 11) is 0. The molecule has 1 aromatic carbocycles. The lowest BCUT2D eigenvalue weighted by atomic mass is 10.1. The molecule has 2 nitrogen and oxygen atoms in total. The van der Waals surface area contributed by atoms with E-state index in [1.54, 1.807) is 0 Å². The molecule has 1 aliphatic rings. The summed E-state index contributed by atoms with van der Waals surface area (Å²) in [6.45, 7) is 0. The Bertz CT molecular complexity index is 397. The third kappa shape index (κ3) is 1.47. The van der Waals surface area contributed by atoms with Gasteiger partial charge in [0.25, 0.3) is 0 Å². The van der Waals surface area contributed by atoms with E-state index in [0.717, 1.165) is 18.9 Å². The molecule has 74 valence electrons. The summed E-state index contributed by atoms with van der Waals surface area (Å²) in [5.41, 5.74) is -0.245. The summed E-state index contributed by atoms with van der Waals surface area (Å²) in [6.07, 6.45) is 1.47. The highest BCUT2D eigenvalue weighted by molar-refractivity contribution is 6.01. The smallest absolute Gasteiger partial charge is 0.169 e. The first-order valence-electron chi connectivity index (χ1n) is 4.32. The van der Waals surface area contributed by atoms with Crippen LogP contribution in [0.2, 0.25) is 0 Å². The third-order valence-corrected chi connectivity index (χ3v) is 2.24. The van der Waals surface area contributed by atoms with E-state index in [9.17, 15) is 18.7 Å². The second-order valence-corrected chi connectivity index (χ2v) is 3.42. The van der Waals surface area contributed by atoms with Gasteiger partial charge in [0, 0.05) is 12.0 Å². The van der Waals surface area contributed by atoms with E-state index in [2.05, 4.69) is 0 Å². The summed E-state index contributed by atoms with van der Waals surface area (Å²) in [5.74, 6) is -3.22. The van der Waals surface area contributed by atoms with Crippen molar-refractivity contribution < 1.29 is 18.7 Å². The molecule has 14 heavy (non-hydrogen) atoms. The van der Waals surface area contributed by atoms with Crippen LogP contribution in [0.4, 0.5) is 8.78 Å². The lowest BCUT2D eigenvalue weighted by Crippen LogP contribution is -2.03. The number of phenols is 1. The predicted octanol–water partition coefficient (Wildman–Crippen LogP) is 2.26. The fraction of sp³-hybridized carbons (Fsp3) is 0.300. The molecule has 0 spiro atoms. The Morgan fingerprint density at radius 1 is 1.36 bits per heavy atom. The Hall–Kier alpha value is -1.45. The highest BCUT2D eigenvalue weighted by Crippen LogP contribution is 2.35. The number of hydrogen-bond donors (Lipinski definition) is 1. The first-order valence-corrected chi connectivity index (χ1v) is 4.32. The highest BCUT2D eigenvalue weighted by atomic mass is 19.1. The lowest BCUT2D eigenvalue weighted by Gasteiger charge is -2.03. The van der Waals surface area contributed by atoms with Crippen molar-refractivity contribution in [1.82, 2.24) is 0 Å².